The maximum absolute atomic E-state index is 13.3. The molecule has 2 N–H and O–H groups in total. The Morgan fingerprint density at radius 1 is 1.03 bits per heavy atom. The van der Waals surface area contributed by atoms with Gasteiger partial charge < -0.3 is 5.73 Å². The van der Waals surface area contributed by atoms with Gasteiger partial charge in [-0.2, -0.15) is 0 Å². The van der Waals surface area contributed by atoms with Gasteiger partial charge in [0.15, 0.2) is 0 Å². The molecule has 1 saturated heterocycles. The summed E-state index contributed by atoms with van der Waals surface area (Å²) in [5, 5.41) is 1.51. The van der Waals surface area contributed by atoms with Crippen molar-refractivity contribution in [1.29, 1.82) is 0 Å². The van der Waals surface area contributed by atoms with E-state index in [1.807, 2.05) is 0 Å². The van der Waals surface area contributed by atoms with Crippen molar-refractivity contribution in [2.24, 2.45) is 5.73 Å². The van der Waals surface area contributed by atoms with Gasteiger partial charge in [-0.15, -0.1) is 0 Å². The highest BCUT2D eigenvalue weighted by molar-refractivity contribution is 6.42. The number of rotatable bonds is 5. The number of nitrogens with zero attached hydrogens (tertiary/aromatic N) is 2. The summed E-state index contributed by atoms with van der Waals surface area (Å²) in [6.07, 6.45) is 0.626. The number of likely N-dealkylation sites (tertiary alicyclic amines) is 1. The molecule has 1 atom stereocenters. The van der Waals surface area contributed by atoms with Crippen molar-refractivity contribution < 1.29 is 14.4 Å². The standard InChI is InChI=1S/C20H17Cl4N3O3/c21-12-2-1-11(15(23)9-12)7-8-26(13-3-4-14(22)16(24)10-13)20(30)27-17(19(25)29)5-6-18(27)28/h1-4,9-10,17H,5-8H2,(H2,25,29)/t17-/m0/s1. The van der Waals surface area contributed by atoms with E-state index < -0.39 is 23.9 Å². The summed E-state index contributed by atoms with van der Waals surface area (Å²) in [4.78, 5) is 39.7. The molecule has 1 heterocycles. The number of carbonyl (C=O) groups excluding carboxylic acids is 3. The lowest BCUT2D eigenvalue weighted by atomic mass is 10.1. The molecule has 2 aromatic carbocycles. The number of amides is 4. The monoisotopic (exact) mass is 487 g/mol. The van der Waals surface area contributed by atoms with E-state index in [0.29, 0.717) is 27.2 Å². The largest absolute Gasteiger partial charge is 0.368 e. The van der Waals surface area contributed by atoms with E-state index >= 15 is 0 Å². The molecular weight excluding hydrogens is 472 g/mol. The number of halogens is 4. The Balaban J connectivity index is 1.94. The van der Waals surface area contributed by atoms with Crippen molar-refractivity contribution in [3.63, 3.8) is 0 Å². The van der Waals surface area contributed by atoms with Gasteiger partial charge in [-0.3, -0.25) is 19.4 Å². The molecule has 0 radical (unpaired) electrons. The quantitative estimate of drug-likeness (QED) is 0.646. The number of carbonyl (C=O) groups is 3. The highest BCUT2D eigenvalue weighted by Gasteiger charge is 2.41. The zero-order chi connectivity index (χ0) is 22.0. The minimum Gasteiger partial charge on any atom is -0.368 e. The molecular formula is C20H17Cl4N3O3. The van der Waals surface area contributed by atoms with Gasteiger partial charge in [0.05, 0.1) is 10.0 Å². The van der Waals surface area contributed by atoms with E-state index in [1.165, 1.54) is 11.0 Å². The summed E-state index contributed by atoms with van der Waals surface area (Å²) in [6, 6.07) is 8.08. The van der Waals surface area contributed by atoms with Crippen LogP contribution in [0.15, 0.2) is 36.4 Å². The van der Waals surface area contributed by atoms with Crippen LogP contribution < -0.4 is 10.6 Å². The molecule has 2 aromatic rings. The third-order valence-electron chi connectivity index (χ3n) is 4.81. The van der Waals surface area contributed by atoms with E-state index in [9.17, 15) is 14.4 Å². The molecule has 30 heavy (non-hydrogen) atoms. The van der Waals surface area contributed by atoms with Crippen molar-refractivity contribution in [2.45, 2.75) is 25.3 Å². The van der Waals surface area contributed by atoms with Crippen LogP contribution >= 0.6 is 46.4 Å². The SMILES string of the molecule is NC(=O)[C@@H]1CCC(=O)N1C(=O)N(CCc1ccc(Cl)cc1Cl)c1ccc(Cl)c(Cl)c1. The van der Waals surface area contributed by atoms with Crippen LogP contribution in [0.5, 0.6) is 0 Å². The molecule has 3 rings (SSSR count). The van der Waals surface area contributed by atoms with Crippen molar-refractivity contribution in [2.75, 3.05) is 11.4 Å². The highest BCUT2D eigenvalue weighted by Crippen LogP contribution is 2.30. The van der Waals surface area contributed by atoms with Gasteiger partial charge >= 0.3 is 6.03 Å². The van der Waals surface area contributed by atoms with Gasteiger partial charge in [0.1, 0.15) is 6.04 Å². The first kappa shape index (κ1) is 22.7. The van der Waals surface area contributed by atoms with Crippen LogP contribution in [0.3, 0.4) is 0 Å². The maximum Gasteiger partial charge on any atom is 0.331 e. The first-order chi connectivity index (χ1) is 14.2. The number of primary amides is 1. The summed E-state index contributed by atoms with van der Waals surface area (Å²) >= 11 is 24.3. The van der Waals surface area contributed by atoms with Crippen LogP contribution in [-0.2, 0) is 16.0 Å². The molecule has 0 bridgehead atoms. The zero-order valence-electron chi connectivity index (χ0n) is 15.6. The van der Waals surface area contributed by atoms with Gasteiger partial charge in [-0.05, 0) is 48.7 Å². The molecule has 10 heteroatoms. The predicted octanol–water partition coefficient (Wildman–Crippen LogP) is 4.95. The molecule has 158 valence electrons. The highest BCUT2D eigenvalue weighted by atomic mass is 35.5. The Kier molecular flexibility index (Phi) is 7.14. The van der Waals surface area contributed by atoms with Gasteiger partial charge in [-0.1, -0.05) is 52.5 Å². The number of urea groups is 1. The average Bonchev–Trinajstić information content (AvgIpc) is 3.07. The molecule has 0 aromatic heterocycles. The summed E-state index contributed by atoms with van der Waals surface area (Å²) in [5.41, 5.74) is 6.58. The normalized spacial score (nSPS) is 16.1. The van der Waals surface area contributed by atoms with Gasteiger partial charge in [-0.25, -0.2) is 4.79 Å². The molecule has 0 aliphatic carbocycles. The molecule has 6 nitrogen and oxygen atoms in total. The Bertz CT molecular complexity index is 1010. The lowest BCUT2D eigenvalue weighted by Crippen LogP contribution is -2.52. The Labute approximate surface area is 193 Å². The number of imide groups is 1. The molecule has 4 amide bonds. The number of nitrogens with two attached hydrogens (primary N) is 1. The fraction of sp³-hybridized carbons (Fsp3) is 0.250. The smallest absolute Gasteiger partial charge is 0.331 e. The van der Waals surface area contributed by atoms with E-state index in [2.05, 4.69) is 0 Å². The van der Waals surface area contributed by atoms with Crippen molar-refractivity contribution in [1.82, 2.24) is 4.90 Å². The Morgan fingerprint density at radius 3 is 2.40 bits per heavy atom. The minimum absolute atomic E-state index is 0.0670. The summed E-state index contributed by atoms with van der Waals surface area (Å²) < 4.78 is 0. The van der Waals surface area contributed by atoms with Crippen LogP contribution in [0.25, 0.3) is 0 Å². The number of benzene rings is 2. The third kappa shape index (κ3) is 4.83. The molecule has 1 fully saturated rings. The van der Waals surface area contributed by atoms with Gasteiger partial charge in [0, 0.05) is 28.7 Å². The van der Waals surface area contributed by atoms with Gasteiger partial charge in [0.25, 0.3) is 0 Å². The van der Waals surface area contributed by atoms with E-state index in [-0.39, 0.29) is 24.4 Å². The maximum atomic E-state index is 13.3. The first-order valence-electron chi connectivity index (χ1n) is 9.01. The van der Waals surface area contributed by atoms with E-state index in [0.717, 1.165) is 10.5 Å². The van der Waals surface area contributed by atoms with E-state index in [4.69, 9.17) is 52.1 Å². The topological polar surface area (TPSA) is 83.7 Å². The molecule has 1 aliphatic rings. The third-order valence-corrected chi connectivity index (χ3v) is 6.14. The zero-order valence-corrected chi connectivity index (χ0v) is 18.6. The van der Waals surface area contributed by atoms with Crippen LogP contribution in [0.1, 0.15) is 18.4 Å². The van der Waals surface area contributed by atoms with Crippen LogP contribution in [0.2, 0.25) is 20.1 Å². The van der Waals surface area contributed by atoms with Crippen LogP contribution in [0, 0.1) is 0 Å². The van der Waals surface area contributed by atoms with Crippen molar-refractivity contribution >= 4 is 69.9 Å². The Hall–Kier alpha value is -1.99. The van der Waals surface area contributed by atoms with Crippen LogP contribution in [0.4, 0.5) is 10.5 Å². The molecule has 0 spiro atoms. The Morgan fingerprint density at radius 2 is 1.77 bits per heavy atom. The molecule has 1 aliphatic heterocycles. The predicted molar refractivity (Wildman–Crippen MR) is 118 cm³/mol. The van der Waals surface area contributed by atoms with Crippen LogP contribution in [-0.4, -0.2) is 35.3 Å². The number of anilines is 1. The fourth-order valence-corrected chi connectivity index (χ4v) is 4.06. The second-order valence-corrected chi connectivity index (χ2v) is 8.40. The number of hydrogen-bond acceptors (Lipinski definition) is 3. The average molecular weight is 489 g/mol. The number of hydrogen-bond donors (Lipinski definition) is 1. The second kappa shape index (κ2) is 9.43. The minimum atomic E-state index is -0.991. The fourth-order valence-electron chi connectivity index (χ4n) is 3.27. The van der Waals surface area contributed by atoms with E-state index in [1.54, 1.807) is 30.3 Å². The molecule has 0 unspecified atom stereocenters. The summed E-state index contributed by atoms with van der Waals surface area (Å²) in [5.74, 6) is -1.19. The van der Waals surface area contributed by atoms with Crippen molar-refractivity contribution in [3.8, 4) is 0 Å². The second-order valence-electron chi connectivity index (χ2n) is 6.74. The van der Waals surface area contributed by atoms with Crippen molar-refractivity contribution in [3.05, 3.63) is 62.1 Å². The lowest BCUT2D eigenvalue weighted by molar-refractivity contribution is -0.130. The lowest BCUT2D eigenvalue weighted by Gasteiger charge is -2.30. The first-order valence-corrected chi connectivity index (χ1v) is 10.5. The summed E-state index contributed by atoms with van der Waals surface area (Å²) in [6.45, 7) is 0.160. The van der Waals surface area contributed by atoms with Gasteiger partial charge in [0.2, 0.25) is 11.8 Å². The molecule has 0 saturated carbocycles. The summed E-state index contributed by atoms with van der Waals surface area (Å²) in [7, 11) is 0.